The molecule has 0 saturated carbocycles. The number of amides is 4. The van der Waals surface area contributed by atoms with Crippen molar-refractivity contribution in [3.8, 4) is 16.9 Å². The molecule has 3 N–H and O–H groups in total. The Kier molecular flexibility index (Phi) is 12.8. The molecule has 0 spiro atoms. The summed E-state index contributed by atoms with van der Waals surface area (Å²) < 4.78 is 39.2. The summed E-state index contributed by atoms with van der Waals surface area (Å²) in [5.41, 5.74) is 5.46. The SMILES string of the molecule is COc1c(NC2CCC(=O)NC2=O)cc(F)cc1N1CCC(N2CCN(c3ccc(-c4cc(C5=CCCN(C(=O)CCn6cccn6)C5)c(F)c5[nH]c(C(=O)N(C)C)cc45)cc3)CC2)CC1. The molecule has 17 heteroatoms. The summed E-state index contributed by atoms with van der Waals surface area (Å²) in [6.07, 6.45) is 8.74. The number of halogens is 2. The summed E-state index contributed by atoms with van der Waals surface area (Å²) in [5, 5.41) is 10.3. The molecule has 2 aromatic heterocycles. The zero-order chi connectivity index (χ0) is 46.1. The molecule has 1 unspecified atom stereocenters. The van der Waals surface area contributed by atoms with Crippen LogP contribution in [0.5, 0.6) is 5.75 Å². The number of carbonyl (C=O) groups is 4. The van der Waals surface area contributed by atoms with Crippen molar-refractivity contribution < 1.29 is 32.7 Å². The molecule has 0 radical (unpaired) electrons. The van der Waals surface area contributed by atoms with E-state index in [0.29, 0.717) is 72.2 Å². The number of fused-ring (bicyclic) bond motifs is 1. The Balaban J connectivity index is 0.862. The monoisotopic (exact) mass is 902 g/mol. The maximum Gasteiger partial charge on any atom is 0.269 e. The van der Waals surface area contributed by atoms with Crippen molar-refractivity contribution in [2.75, 3.05) is 88.7 Å². The normalized spacial score (nSPS) is 18.7. The average molecular weight is 903 g/mol. The van der Waals surface area contributed by atoms with Crippen molar-refractivity contribution in [3.05, 3.63) is 96.0 Å². The number of aromatic nitrogens is 3. The van der Waals surface area contributed by atoms with Crippen LogP contribution < -0.4 is 25.2 Å². The van der Waals surface area contributed by atoms with Crippen LogP contribution in [0.4, 0.5) is 25.8 Å². The van der Waals surface area contributed by atoms with Crippen molar-refractivity contribution in [3.63, 3.8) is 0 Å². The predicted molar refractivity (Wildman–Crippen MR) is 249 cm³/mol. The molecule has 66 heavy (non-hydrogen) atoms. The van der Waals surface area contributed by atoms with Gasteiger partial charge in [-0.1, -0.05) is 18.2 Å². The van der Waals surface area contributed by atoms with E-state index in [1.165, 1.54) is 24.1 Å². The average Bonchev–Trinajstić information content (AvgIpc) is 4.03. The van der Waals surface area contributed by atoms with Crippen LogP contribution in [0.25, 0.3) is 27.6 Å². The summed E-state index contributed by atoms with van der Waals surface area (Å²) in [7, 11) is 4.87. The van der Waals surface area contributed by atoms with Crippen molar-refractivity contribution in [1.82, 2.24) is 34.8 Å². The molecule has 6 heterocycles. The second-order valence-corrected chi connectivity index (χ2v) is 17.8. The molecule has 9 rings (SSSR count). The predicted octanol–water partition coefficient (Wildman–Crippen LogP) is 5.73. The zero-order valence-corrected chi connectivity index (χ0v) is 37.6. The Hall–Kier alpha value is -6.75. The summed E-state index contributed by atoms with van der Waals surface area (Å²) in [6, 6.07) is 16.3. The number of carbonyl (C=O) groups excluding carboxylic acids is 4. The standard InChI is InChI=1S/C49H56F2N10O5/c1-56(2)49(65)41-29-38-36(28-37(45(51)46(38)54-41)32-6-4-17-60(30-32)44(63)15-21-61-18-5-16-52-61)31-7-9-34(10-8-31)57-22-24-58(25-23-57)35-13-19-59(20-14-35)42-27-33(50)26-40(47(42)66-3)53-39-11-12-43(62)55-48(39)64/h5-10,16,18,26-29,35,39,53-54H,4,11-15,17,19-25,30H2,1-3H3,(H,55,62,64). The third-order valence-electron chi connectivity index (χ3n) is 13.4. The molecule has 3 saturated heterocycles. The number of aromatic amines is 1. The number of nitrogens with one attached hydrogen (secondary N) is 3. The fraction of sp³-hybridized carbons (Fsp3) is 0.408. The van der Waals surface area contributed by atoms with Gasteiger partial charge in [-0.25, -0.2) is 8.78 Å². The molecule has 15 nitrogen and oxygen atoms in total. The number of hydrogen-bond acceptors (Lipinski definition) is 10. The van der Waals surface area contributed by atoms with Gasteiger partial charge >= 0.3 is 0 Å². The number of H-pyrrole nitrogens is 1. The number of benzene rings is 3. The maximum absolute atomic E-state index is 16.6. The summed E-state index contributed by atoms with van der Waals surface area (Å²) in [6.45, 7) is 6.21. The Bertz CT molecular complexity index is 2650. The number of rotatable bonds is 12. The van der Waals surface area contributed by atoms with Gasteiger partial charge in [0.15, 0.2) is 11.6 Å². The van der Waals surface area contributed by atoms with E-state index in [1.807, 2.05) is 24.4 Å². The van der Waals surface area contributed by atoms with Crippen LogP contribution in [0.15, 0.2) is 73.1 Å². The van der Waals surface area contributed by atoms with Crippen LogP contribution in [0.3, 0.4) is 0 Å². The van der Waals surface area contributed by atoms with Crippen molar-refractivity contribution in [1.29, 1.82) is 0 Å². The highest BCUT2D eigenvalue weighted by Crippen LogP contribution is 2.40. The van der Waals surface area contributed by atoms with E-state index >= 15 is 8.78 Å². The van der Waals surface area contributed by atoms with E-state index in [1.54, 1.807) is 35.9 Å². The van der Waals surface area contributed by atoms with E-state index < -0.39 is 23.6 Å². The van der Waals surface area contributed by atoms with Gasteiger partial charge < -0.3 is 34.6 Å². The topological polar surface area (TPSA) is 151 Å². The van der Waals surface area contributed by atoms with Gasteiger partial charge in [0.2, 0.25) is 17.7 Å². The van der Waals surface area contributed by atoms with Gasteiger partial charge in [-0.3, -0.25) is 34.1 Å². The fourth-order valence-electron chi connectivity index (χ4n) is 9.87. The second kappa shape index (κ2) is 19.0. The maximum atomic E-state index is 16.6. The number of ether oxygens (including phenoxy) is 1. The van der Waals surface area contributed by atoms with E-state index in [9.17, 15) is 19.2 Å². The van der Waals surface area contributed by atoms with Crippen LogP contribution in [-0.2, 0) is 20.9 Å². The minimum absolute atomic E-state index is 0.0155. The summed E-state index contributed by atoms with van der Waals surface area (Å²) in [4.78, 5) is 63.9. The number of piperazine rings is 1. The molecule has 0 aliphatic carbocycles. The van der Waals surface area contributed by atoms with Gasteiger partial charge in [0, 0.05) is 133 Å². The molecule has 4 aliphatic rings. The van der Waals surface area contributed by atoms with E-state index in [-0.39, 0.29) is 36.2 Å². The number of anilines is 3. The first-order valence-corrected chi connectivity index (χ1v) is 22.8. The number of hydrogen-bond donors (Lipinski definition) is 3. The molecular weight excluding hydrogens is 847 g/mol. The molecular formula is C49H56F2N10O5. The molecule has 3 aromatic carbocycles. The number of piperidine rings is 2. The summed E-state index contributed by atoms with van der Waals surface area (Å²) >= 11 is 0. The lowest BCUT2D eigenvalue weighted by molar-refractivity contribution is -0.134. The number of imide groups is 1. The van der Waals surface area contributed by atoms with Crippen LogP contribution in [0.2, 0.25) is 0 Å². The fourth-order valence-corrected chi connectivity index (χ4v) is 9.87. The van der Waals surface area contributed by atoms with Gasteiger partial charge in [0.05, 0.1) is 24.0 Å². The van der Waals surface area contributed by atoms with Crippen LogP contribution in [0, 0.1) is 11.6 Å². The summed E-state index contributed by atoms with van der Waals surface area (Å²) in [5.74, 6) is -1.44. The van der Waals surface area contributed by atoms with E-state index in [2.05, 4.69) is 59.7 Å². The minimum Gasteiger partial charge on any atom is -0.492 e. The van der Waals surface area contributed by atoms with Crippen molar-refractivity contribution in [2.24, 2.45) is 0 Å². The molecule has 5 aromatic rings. The molecule has 346 valence electrons. The lowest BCUT2D eigenvalue weighted by Crippen LogP contribution is -2.53. The number of aryl methyl sites for hydroxylation is 1. The van der Waals surface area contributed by atoms with Gasteiger partial charge in [-0.15, -0.1) is 0 Å². The first-order valence-electron chi connectivity index (χ1n) is 22.8. The Labute approximate surface area is 382 Å². The van der Waals surface area contributed by atoms with Crippen molar-refractivity contribution in [2.45, 2.75) is 57.2 Å². The van der Waals surface area contributed by atoms with Gasteiger partial charge in [0.25, 0.3) is 5.91 Å². The van der Waals surface area contributed by atoms with Gasteiger partial charge in [0.1, 0.15) is 17.6 Å². The molecule has 4 amide bonds. The zero-order valence-electron chi connectivity index (χ0n) is 37.6. The highest BCUT2D eigenvalue weighted by Gasteiger charge is 2.32. The number of nitrogens with zero attached hydrogens (tertiary/aromatic N) is 7. The Morgan fingerprint density at radius 2 is 1.70 bits per heavy atom. The minimum atomic E-state index is -0.664. The molecule has 3 fully saturated rings. The largest absolute Gasteiger partial charge is 0.492 e. The first kappa shape index (κ1) is 44.5. The molecule has 4 aliphatic heterocycles. The first-order chi connectivity index (χ1) is 31.9. The van der Waals surface area contributed by atoms with Crippen LogP contribution >= 0.6 is 0 Å². The molecule has 1 atom stereocenters. The van der Waals surface area contributed by atoms with Crippen molar-refractivity contribution >= 4 is 57.2 Å². The molecule has 0 bridgehead atoms. The van der Waals surface area contributed by atoms with Crippen LogP contribution in [0.1, 0.15) is 54.6 Å². The third kappa shape index (κ3) is 9.21. The quantitative estimate of drug-likeness (QED) is 0.133. The van der Waals surface area contributed by atoms with Gasteiger partial charge in [-0.05, 0) is 72.7 Å². The van der Waals surface area contributed by atoms with E-state index in [0.717, 1.165) is 74.5 Å². The lowest BCUT2D eigenvalue weighted by Gasteiger charge is -2.44. The van der Waals surface area contributed by atoms with Gasteiger partial charge in [-0.2, -0.15) is 5.10 Å². The Morgan fingerprint density at radius 3 is 2.39 bits per heavy atom. The smallest absolute Gasteiger partial charge is 0.269 e. The Morgan fingerprint density at radius 1 is 0.924 bits per heavy atom. The van der Waals surface area contributed by atoms with Crippen LogP contribution in [-0.4, -0.2) is 139 Å². The number of methoxy groups -OCH3 is 1. The lowest BCUT2D eigenvalue weighted by atomic mass is 9.93. The highest BCUT2D eigenvalue weighted by molar-refractivity contribution is 6.05. The second-order valence-electron chi connectivity index (χ2n) is 17.8. The third-order valence-corrected chi connectivity index (χ3v) is 13.4. The highest BCUT2D eigenvalue weighted by atomic mass is 19.1. The van der Waals surface area contributed by atoms with E-state index in [4.69, 9.17) is 4.74 Å².